The average molecular weight is 389 g/mol. The van der Waals surface area contributed by atoms with Crippen LogP contribution in [0.2, 0.25) is 0 Å². The molecule has 3 rings (SSSR count). The average Bonchev–Trinajstić information content (AvgIpc) is 2.90. The highest BCUT2D eigenvalue weighted by molar-refractivity contribution is 9.18. The predicted octanol–water partition coefficient (Wildman–Crippen LogP) is 4.46. The second-order valence-corrected chi connectivity index (χ2v) is 5.93. The van der Waals surface area contributed by atoms with Crippen molar-refractivity contribution >= 4 is 20.6 Å². The Labute approximate surface area is 137 Å². The van der Waals surface area contributed by atoms with Crippen LogP contribution in [0.25, 0.3) is 11.1 Å². The first-order valence-electron chi connectivity index (χ1n) is 6.54. The summed E-state index contributed by atoms with van der Waals surface area (Å²) in [5.41, 5.74) is -2.48. The zero-order valence-electron chi connectivity index (χ0n) is 11.5. The van der Waals surface area contributed by atoms with Gasteiger partial charge in [-0.2, -0.15) is 0 Å². The van der Waals surface area contributed by atoms with Gasteiger partial charge in [0.25, 0.3) is 0 Å². The maximum atomic E-state index is 14.1. The van der Waals surface area contributed by atoms with Gasteiger partial charge in [0.1, 0.15) is 28.7 Å². The topological polar surface area (TPSA) is 34.5 Å². The highest BCUT2D eigenvalue weighted by atomic mass is 79.9. The van der Waals surface area contributed by atoms with Gasteiger partial charge in [-0.05, 0) is 34.1 Å². The highest BCUT2D eigenvalue weighted by Crippen LogP contribution is 2.41. The molecule has 1 atom stereocenters. The zero-order valence-corrected chi connectivity index (χ0v) is 13.1. The minimum absolute atomic E-state index is 0.0226. The normalized spacial score (nSPS) is 20.3. The Kier molecular flexibility index (Phi) is 4.09. The second-order valence-electron chi connectivity index (χ2n) is 5.01. The molecule has 0 radical (unpaired) electrons. The number of pyridine rings is 1. The summed E-state index contributed by atoms with van der Waals surface area (Å²) < 4.78 is 55.8. The lowest BCUT2D eigenvalue weighted by Crippen LogP contribution is -2.30. The fraction of sp³-hybridized carbons (Fsp3) is 0.200. The van der Waals surface area contributed by atoms with Crippen molar-refractivity contribution < 1.29 is 22.4 Å². The van der Waals surface area contributed by atoms with E-state index >= 15 is 0 Å². The maximum Gasteiger partial charge on any atom is 0.214 e. The number of aromatic nitrogens is 1. The van der Waals surface area contributed by atoms with Gasteiger partial charge in [0, 0.05) is 5.56 Å². The molecule has 2 aromatic rings. The summed E-state index contributed by atoms with van der Waals surface area (Å²) in [6.07, 6.45) is 0.815. The standard InChI is InChI=1S/C15H9BrF4N2O/c16-12-5-15(7-17,23-22-12)14-9(4-8(18)6-21-14)13-10(19)2-1-3-11(13)20/h1-4,6H,5,7H2/t15-/m1/s1. The molecule has 120 valence electrons. The van der Waals surface area contributed by atoms with Crippen molar-refractivity contribution in [2.75, 3.05) is 6.67 Å². The van der Waals surface area contributed by atoms with Gasteiger partial charge in [-0.15, -0.1) is 0 Å². The molecule has 8 heteroatoms. The first-order valence-corrected chi connectivity index (χ1v) is 7.33. The molecular formula is C15H9BrF4N2O. The molecule has 1 aromatic carbocycles. The van der Waals surface area contributed by atoms with Crippen molar-refractivity contribution in [3.8, 4) is 11.1 Å². The van der Waals surface area contributed by atoms with Gasteiger partial charge in [-0.1, -0.05) is 11.2 Å². The number of oxime groups is 1. The largest absolute Gasteiger partial charge is 0.379 e. The summed E-state index contributed by atoms with van der Waals surface area (Å²) in [5, 5.41) is 3.61. The quantitative estimate of drug-likeness (QED) is 0.727. The minimum atomic E-state index is -1.66. The Bertz CT molecular complexity index is 779. The lowest BCUT2D eigenvalue weighted by atomic mass is 9.90. The van der Waals surface area contributed by atoms with E-state index in [-0.39, 0.29) is 17.7 Å². The molecule has 0 bridgehead atoms. The molecule has 1 aromatic heterocycles. The molecule has 2 heterocycles. The Hall–Kier alpha value is -1.96. The monoisotopic (exact) mass is 388 g/mol. The Morgan fingerprint density at radius 2 is 1.91 bits per heavy atom. The van der Waals surface area contributed by atoms with E-state index < -0.39 is 35.3 Å². The van der Waals surface area contributed by atoms with Crippen molar-refractivity contribution in [3.05, 3.63) is 53.6 Å². The molecule has 1 aliphatic rings. The third kappa shape index (κ3) is 2.71. The van der Waals surface area contributed by atoms with E-state index in [9.17, 15) is 17.6 Å². The van der Waals surface area contributed by atoms with Crippen LogP contribution in [0.4, 0.5) is 17.6 Å². The van der Waals surface area contributed by atoms with Crippen molar-refractivity contribution in [1.82, 2.24) is 4.98 Å². The molecule has 0 unspecified atom stereocenters. The second kappa shape index (κ2) is 5.92. The smallest absolute Gasteiger partial charge is 0.214 e. The Morgan fingerprint density at radius 3 is 2.48 bits per heavy atom. The molecular weight excluding hydrogens is 380 g/mol. The van der Waals surface area contributed by atoms with Gasteiger partial charge in [0.15, 0.2) is 0 Å². The predicted molar refractivity (Wildman–Crippen MR) is 79.3 cm³/mol. The number of rotatable bonds is 3. The summed E-state index contributed by atoms with van der Waals surface area (Å²) in [4.78, 5) is 8.93. The molecule has 0 amide bonds. The van der Waals surface area contributed by atoms with Crippen LogP contribution in [0, 0.1) is 17.5 Å². The van der Waals surface area contributed by atoms with Crippen LogP contribution in [-0.2, 0) is 10.4 Å². The van der Waals surface area contributed by atoms with Gasteiger partial charge >= 0.3 is 0 Å². The van der Waals surface area contributed by atoms with Crippen molar-refractivity contribution in [1.29, 1.82) is 0 Å². The van der Waals surface area contributed by atoms with Crippen molar-refractivity contribution in [2.45, 2.75) is 12.0 Å². The van der Waals surface area contributed by atoms with Gasteiger partial charge in [0.2, 0.25) is 5.60 Å². The molecule has 1 aliphatic heterocycles. The molecule has 0 fully saturated rings. The summed E-state index contributed by atoms with van der Waals surface area (Å²) >= 11 is 3.08. The summed E-state index contributed by atoms with van der Waals surface area (Å²) in [5.74, 6) is -2.63. The molecule has 0 spiro atoms. The fourth-order valence-corrected chi connectivity index (χ4v) is 2.97. The first kappa shape index (κ1) is 15.9. The maximum absolute atomic E-state index is 14.1. The van der Waals surface area contributed by atoms with Crippen molar-refractivity contribution in [2.24, 2.45) is 5.16 Å². The highest BCUT2D eigenvalue weighted by Gasteiger charge is 2.44. The Morgan fingerprint density at radius 1 is 1.22 bits per heavy atom. The molecule has 3 nitrogen and oxygen atoms in total. The summed E-state index contributed by atoms with van der Waals surface area (Å²) in [6, 6.07) is 4.13. The van der Waals surface area contributed by atoms with E-state index in [4.69, 9.17) is 4.84 Å². The SMILES string of the molecule is FC[C@@]1(c2ncc(F)cc2-c2c(F)cccc2F)CC(Br)=NO1. The van der Waals surface area contributed by atoms with E-state index in [2.05, 4.69) is 26.1 Å². The summed E-state index contributed by atoms with van der Waals surface area (Å²) in [7, 11) is 0. The third-order valence-corrected chi connectivity index (χ3v) is 3.91. The van der Waals surface area contributed by atoms with Gasteiger partial charge in [0.05, 0.1) is 23.9 Å². The van der Waals surface area contributed by atoms with Gasteiger partial charge in [-0.3, -0.25) is 4.98 Å². The molecule has 0 saturated carbocycles. The molecule has 0 saturated heterocycles. The summed E-state index contributed by atoms with van der Waals surface area (Å²) in [6.45, 7) is -1.05. The number of benzene rings is 1. The van der Waals surface area contributed by atoms with Crippen LogP contribution in [0.5, 0.6) is 0 Å². The first-order chi connectivity index (χ1) is 11.0. The van der Waals surface area contributed by atoms with Crippen LogP contribution in [-0.4, -0.2) is 16.3 Å². The Balaban J connectivity index is 2.24. The third-order valence-electron chi connectivity index (χ3n) is 3.48. The molecule has 0 N–H and O–H groups in total. The number of nitrogens with zero attached hydrogens (tertiary/aromatic N) is 2. The number of hydrogen-bond acceptors (Lipinski definition) is 3. The van der Waals surface area contributed by atoms with Crippen LogP contribution in [0.1, 0.15) is 12.1 Å². The van der Waals surface area contributed by atoms with Crippen LogP contribution in [0.3, 0.4) is 0 Å². The van der Waals surface area contributed by atoms with E-state index in [1.807, 2.05) is 0 Å². The van der Waals surface area contributed by atoms with Gasteiger partial charge < -0.3 is 4.84 Å². The number of hydrogen-bond donors (Lipinski definition) is 0. The minimum Gasteiger partial charge on any atom is -0.379 e. The lowest BCUT2D eigenvalue weighted by Gasteiger charge is -2.25. The molecule has 23 heavy (non-hydrogen) atoms. The van der Waals surface area contributed by atoms with E-state index in [0.29, 0.717) is 4.62 Å². The van der Waals surface area contributed by atoms with Gasteiger partial charge in [-0.25, -0.2) is 17.6 Å². The van der Waals surface area contributed by atoms with Crippen LogP contribution >= 0.6 is 15.9 Å². The zero-order chi connectivity index (χ0) is 16.6. The number of halogens is 5. The van der Waals surface area contributed by atoms with Crippen LogP contribution < -0.4 is 0 Å². The fourth-order valence-electron chi connectivity index (χ4n) is 2.45. The lowest BCUT2D eigenvalue weighted by molar-refractivity contribution is -0.0435. The van der Waals surface area contributed by atoms with E-state index in [1.165, 1.54) is 6.07 Å². The van der Waals surface area contributed by atoms with E-state index in [1.54, 1.807) is 0 Å². The van der Waals surface area contributed by atoms with Crippen molar-refractivity contribution in [3.63, 3.8) is 0 Å². The van der Waals surface area contributed by atoms with Crippen LogP contribution in [0.15, 0.2) is 35.6 Å². The number of alkyl halides is 1. The van der Waals surface area contributed by atoms with E-state index in [0.717, 1.165) is 24.4 Å². The molecule has 0 aliphatic carbocycles.